The van der Waals surface area contributed by atoms with E-state index in [4.69, 9.17) is 4.74 Å². The third kappa shape index (κ3) is 2.67. The lowest BCUT2D eigenvalue weighted by Gasteiger charge is -2.18. The van der Waals surface area contributed by atoms with Crippen LogP contribution in [-0.4, -0.2) is 37.2 Å². The molecule has 0 amide bonds. The third-order valence-electron chi connectivity index (χ3n) is 3.31. The van der Waals surface area contributed by atoms with E-state index in [2.05, 4.69) is 0 Å². The van der Waals surface area contributed by atoms with Gasteiger partial charge in [-0.05, 0) is 43.5 Å². The van der Waals surface area contributed by atoms with Gasteiger partial charge in [-0.3, -0.25) is 0 Å². The average Bonchev–Trinajstić information content (AvgIpc) is 2.47. The Morgan fingerprint density at radius 3 is 2.44 bits per heavy atom. The van der Waals surface area contributed by atoms with Crippen molar-refractivity contribution in [1.29, 1.82) is 0 Å². The number of sulfone groups is 1. The number of rotatable bonds is 2. The van der Waals surface area contributed by atoms with Gasteiger partial charge < -0.3 is 9.84 Å². The van der Waals surface area contributed by atoms with Crippen molar-refractivity contribution in [2.24, 2.45) is 0 Å². The zero-order valence-electron chi connectivity index (χ0n) is 10.8. The fraction of sp³-hybridized carbons (Fsp3) is 0.538. The van der Waals surface area contributed by atoms with E-state index < -0.39 is 22.0 Å². The van der Waals surface area contributed by atoms with Gasteiger partial charge in [-0.15, -0.1) is 0 Å². The first kappa shape index (κ1) is 13.4. The average molecular weight is 270 g/mol. The van der Waals surface area contributed by atoms with E-state index in [0.29, 0.717) is 5.75 Å². The molecule has 2 atom stereocenters. The maximum Gasteiger partial charge on any atom is 0.156 e. The molecule has 0 aliphatic carbocycles. The topological polar surface area (TPSA) is 63.6 Å². The Labute approximate surface area is 108 Å². The molecule has 1 heterocycles. The Morgan fingerprint density at radius 1 is 1.22 bits per heavy atom. The lowest BCUT2D eigenvalue weighted by atomic mass is 10.1. The van der Waals surface area contributed by atoms with Crippen LogP contribution in [0.3, 0.4) is 0 Å². The fourth-order valence-electron chi connectivity index (χ4n) is 2.20. The van der Waals surface area contributed by atoms with Crippen molar-refractivity contribution in [3.05, 3.63) is 28.8 Å². The van der Waals surface area contributed by atoms with Gasteiger partial charge in [0.05, 0.1) is 11.5 Å². The fourth-order valence-corrected chi connectivity index (χ4v) is 3.86. The Hall–Kier alpha value is -1.07. The number of aliphatic hydroxyl groups is 1. The minimum Gasteiger partial charge on any atom is -0.486 e. The molecular weight excluding hydrogens is 252 g/mol. The molecule has 0 bridgehead atoms. The van der Waals surface area contributed by atoms with Crippen molar-refractivity contribution in [3.63, 3.8) is 0 Å². The molecule has 0 spiro atoms. The normalized spacial score (nSPS) is 26.2. The zero-order chi connectivity index (χ0) is 13.5. The number of ether oxygens (including phenoxy) is 1. The second kappa shape index (κ2) is 4.55. The molecule has 1 aliphatic rings. The largest absolute Gasteiger partial charge is 0.486 e. The molecule has 5 heteroatoms. The van der Waals surface area contributed by atoms with Crippen molar-refractivity contribution >= 4 is 9.84 Å². The Kier molecular flexibility index (Phi) is 3.38. The number of hydrogen-bond donors (Lipinski definition) is 1. The van der Waals surface area contributed by atoms with Crippen LogP contribution in [0.15, 0.2) is 12.1 Å². The molecule has 1 aliphatic heterocycles. The maximum atomic E-state index is 11.4. The van der Waals surface area contributed by atoms with Gasteiger partial charge >= 0.3 is 0 Å². The predicted octanol–water partition coefficient (Wildman–Crippen LogP) is 1.15. The maximum absolute atomic E-state index is 11.4. The quantitative estimate of drug-likeness (QED) is 0.875. The lowest BCUT2D eigenvalue weighted by Crippen LogP contribution is -2.30. The number of benzene rings is 1. The van der Waals surface area contributed by atoms with E-state index in [-0.39, 0.29) is 11.5 Å². The first-order chi connectivity index (χ1) is 8.28. The summed E-state index contributed by atoms with van der Waals surface area (Å²) in [6.07, 6.45) is -1.59. The first-order valence-corrected chi connectivity index (χ1v) is 7.73. The van der Waals surface area contributed by atoms with Gasteiger partial charge in [0.2, 0.25) is 0 Å². The van der Waals surface area contributed by atoms with Gasteiger partial charge in [0.15, 0.2) is 9.84 Å². The summed E-state index contributed by atoms with van der Waals surface area (Å²) in [5.41, 5.74) is 3.14. The SMILES string of the molecule is Cc1cc(C)c(C)c(OC2CS(=O)(=O)CC2O)c1. The highest BCUT2D eigenvalue weighted by atomic mass is 32.2. The van der Waals surface area contributed by atoms with Gasteiger partial charge in [0, 0.05) is 0 Å². The number of hydrogen-bond acceptors (Lipinski definition) is 4. The summed E-state index contributed by atoms with van der Waals surface area (Å²) in [4.78, 5) is 0. The van der Waals surface area contributed by atoms with E-state index in [1.807, 2.05) is 32.9 Å². The summed E-state index contributed by atoms with van der Waals surface area (Å²) in [6, 6.07) is 3.92. The van der Waals surface area contributed by atoms with Crippen molar-refractivity contribution in [1.82, 2.24) is 0 Å². The van der Waals surface area contributed by atoms with E-state index in [1.54, 1.807) is 0 Å². The predicted molar refractivity (Wildman–Crippen MR) is 69.7 cm³/mol. The highest BCUT2D eigenvalue weighted by molar-refractivity contribution is 7.91. The van der Waals surface area contributed by atoms with E-state index >= 15 is 0 Å². The summed E-state index contributed by atoms with van der Waals surface area (Å²) >= 11 is 0. The van der Waals surface area contributed by atoms with Crippen LogP contribution in [0.1, 0.15) is 16.7 Å². The van der Waals surface area contributed by atoms with Crippen LogP contribution in [0.2, 0.25) is 0 Å². The zero-order valence-corrected chi connectivity index (χ0v) is 11.6. The van der Waals surface area contributed by atoms with Crippen molar-refractivity contribution in [2.75, 3.05) is 11.5 Å². The van der Waals surface area contributed by atoms with Gasteiger partial charge in [-0.25, -0.2) is 8.42 Å². The van der Waals surface area contributed by atoms with Crippen LogP contribution in [-0.2, 0) is 9.84 Å². The molecule has 1 aromatic rings. The second-order valence-electron chi connectivity index (χ2n) is 5.01. The standard InChI is InChI=1S/C13H18O4S/c1-8-4-9(2)10(3)12(5-8)17-13-7-18(15,16)6-11(13)14/h4-5,11,13-14H,6-7H2,1-3H3. The summed E-state index contributed by atoms with van der Waals surface area (Å²) in [5, 5.41) is 9.71. The summed E-state index contributed by atoms with van der Waals surface area (Å²) in [7, 11) is -3.17. The highest BCUT2D eigenvalue weighted by Crippen LogP contribution is 2.27. The van der Waals surface area contributed by atoms with Crippen molar-refractivity contribution < 1.29 is 18.3 Å². The minimum atomic E-state index is -3.17. The summed E-state index contributed by atoms with van der Waals surface area (Å²) in [5.74, 6) is 0.343. The van der Waals surface area contributed by atoms with Gasteiger partial charge in [0.25, 0.3) is 0 Å². The third-order valence-corrected chi connectivity index (χ3v) is 5.00. The molecule has 4 nitrogen and oxygen atoms in total. The Balaban J connectivity index is 2.25. The molecule has 1 N–H and O–H groups in total. The van der Waals surface area contributed by atoms with E-state index in [9.17, 15) is 13.5 Å². The molecule has 0 radical (unpaired) electrons. The molecule has 1 aromatic carbocycles. The van der Waals surface area contributed by atoms with E-state index in [1.165, 1.54) is 0 Å². The highest BCUT2D eigenvalue weighted by Gasteiger charge is 2.38. The molecule has 18 heavy (non-hydrogen) atoms. The lowest BCUT2D eigenvalue weighted by molar-refractivity contribution is 0.0732. The Morgan fingerprint density at radius 2 is 1.89 bits per heavy atom. The van der Waals surface area contributed by atoms with E-state index in [0.717, 1.165) is 16.7 Å². The smallest absolute Gasteiger partial charge is 0.156 e. The molecule has 100 valence electrons. The van der Waals surface area contributed by atoms with Crippen LogP contribution in [0.4, 0.5) is 0 Å². The summed E-state index contributed by atoms with van der Waals surface area (Å²) < 4.78 is 28.5. The number of aryl methyl sites for hydroxylation is 2. The van der Waals surface area contributed by atoms with Crippen LogP contribution >= 0.6 is 0 Å². The molecule has 2 rings (SSSR count). The first-order valence-electron chi connectivity index (χ1n) is 5.91. The van der Waals surface area contributed by atoms with Crippen LogP contribution in [0, 0.1) is 20.8 Å². The molecule has 1 saturated heterocycles. The molecular formula is C13H18O4S. The van der Waals surface area contributed by atoms with Crippen LogP contribution in [0.5, 0.6) is 5.75 Å². The molecule has 0 saturated carbocycles. The monoisotopic (exact) mass is 270 g/mol. The van der Waals surface area contributed by atoms with Crippen molar-refractivity contribution in [3.8, 4) is 5.75 Å². The van der Waals surface area contributed by atoms with Gasteiger partial charge in [-0.1, -0.05) is 6.07 Å². The molecule has 2 unspecified atom stereocenters. The second-order valence-corrected chi connectivity index (χ2v) is 7.16. The minimum absolute atomic E-state index is 0.111. The molecule has 1 fully saturated rings. The van der Waals surface area contributed by atoms with Crippen molar-refractivity contribution in [2.45, 2.75) is 33.0 Å². The summed E-state index contributed by atoms with van der Waals surface area (Å²) in [6.45, 7) is 5.87. The van der Waals surface area contributed by atoms with Crippen LogP contribution < -0.4 is 4.74 Å². The van der Waals surface area contributed by atoms with Gasteiger partial charge in [0.1, 0.15) is 18.0 Å². The van der Waals surface area contributed by atoms with Crippen LogP contribution in [0.25, 0.3) is 0 Å². The molecule has 0 aromatic heterocycles. The Bertz CT molecular complexity index is 563. The van der Waals surface area contributed by atoms with Gasteiger partial charge in [-0.2, -0.15) is 0 Å². The number of aliphatic hydroxyl groups excluding tert-OH is 1.